The minimum Gasteiger partial charge on any atom is -0.228 e. The Morgan fingerprint density at radius 3 is 1.46 bits per heavy atom. The van der Waals surface area contributed by atoms with Gasteiger partial charge in [0.15, 0.2) is 11.6 Å². The molecule has 2 aromatic heterocycles. The first-order valence-corrected chi connectivity index (χ1v) is 15.3. The van der Waals surface area contributed by atoms with Gasteiger partial charge in [-0.3, -0.25) is 0 Å². The monoisotopic (exact) mass is 588 g/mol. The molecule has 0 atom stereocenters. The maximum atomic E-state index is 5.15. The van der Waals surface area contributed by atoms with Gasteiger partial charge in [0.2, 0.25) is 0 Å². The molecule has 0 spiro atoms. The lowest BCUT2D eigenvalue weighted by Gasteiger charge is -2.12. The predicted octanol–water partition coefficient (Wildman–Crippen LogP) is 10.4. The number of nitrogens with zero attached hydrogens (tertiary/aromatic N) is 4. The van der Waals surface area contributed by atoms with Gasteiger partial charge in [-0.25, -0.2) is 19.9 Å². The van der Waals surface area contributed by atoms with Gasteiger partial charge in [0.1, 0.15) is 0 Å². The first kappa shape index (κ1) is 27.3. The summed E-state index contributed by atoms with van der Waals surface area (Å²) in [7, 11) is 0. The Labute approximate surface area is 267 Å². The predicted molar refractivity (Wildman–Crippen MR) is 188 cm³/mol. The normalized spacial score (nSPS) is 11.0. The Kier molecular flexibility index (Phi) is 7.14. The lowest BCUT2D eigenvalue weighted by molar-refractivity contribution is 1.18. The molecule has 0 aliphatic heterocycles. The topological polar surface area (TPSA) is 51.6 Å². The molecule has 0 fully saturated rings. The number of fused-ring (bicyclic) bond motifs is 1. The maximum absolute atomic E-state index is 5.15. The van der Waals surface area contributed by atoms with E-state index in [2.05, 4.69) is 103 Å². The van der Waals surface area contributed by atoms with Crippen LogP contribution in [-0.2, 0) is 0 Å². The molecule has 2 heterocycles. The zero-order valence-corrected chi connectivity index (χ0v) is 25.0. The number of benzene rings is 6. The molecule has 4 heteroatoms. The fraction of sp³-hybridized carbons (Fsp3) is 0. The number of hydrogen-bond donors (Lipinski definition) is 0. The molecule has 0 unspecified atom stereocenters. The molecule has 8 rings (SSSR count). The van der Waals surface area contributed by atoms with Crippen molar-refractivity contribution in [3.8, 4) is 67.7 Å². The maximum Gasteiger partial charge on any atom is 0.160 e. The second-order valence-corrected chi connectivity index (χ2v) is 11.1. The first-order valence-electron chi connectivity index (χ1n) is 15.3. The van der Waals surface area contributed by atoms with Crippen LogP contribution in [0.25, 0.3) is 78.6 Å². The molecule has 0 aliphatic rings. The van der Waals surface area contributed by atoms with E-state index >= 15 is 0 Å². The summed E-state index contributed by atoms with van der Waals surface area (Å²) in [5.41, 5.74) is 10.9. The Balaban J connectivity index is 1.20. The number of hydrogen-bond acceptors (Lipinski definition) is 4. The van der Waals surface area contributed by atoms with Crippen molar-refractivity contribution in [3.05, 3.63) is 170 Å². The van der Waals surface area contributed by atoms with E-state index in [9.17, 15) is 0 Å². The summed E-state index contributed by atoms with van der Waals surface area (Å²) in [5.74, 6) is 1.38. The summed E-state index contributed by atoms with van der Waals surface area (Å²) in [6, 6.07) is 58.0. The third-order valence-corrected chi connectivity index (χ3v) is 8.11. The number of rotatable bonds is 6. The highest BCUT2D eigenvalue weighted by Crippen LogP contribution is 2.33. The van der Waals surface area contributed by atoms with Crippen LogP contribution in [0.15, 0.2) is 170 Å². The van der Waals surface area contributed by atoms with Gasteiger partial charge < -0.3 is 0 Å². The summed E-state index contributed by atoms with van der Waals surface area (Å²) in [4.78, 5) is 20.0. The van der Waals surface area contributed by atoms with Crippen LogP contribution in [0.3, 0.4) is 0 Å². The molecule has 0 saturated carbocycles. The second kappa shape index (κ2) is 12.0. The minimum absolute atomic E-state index is 0.683. The van der Waals surface area contributed by atoms with Crippen LogP contribution >= 0.6 is 0 Å². The third kappa shape index (κ3) is 5.44. The van der Waals surface area contributed by atoms with Crippen LogP contribution < -0.4 is 0 Å². The van der Waals surface area contributed by atoms with Gasteiger partial charge in [-0.2, -0.15) is 0 Å². The Hall–Kier alpha value is -6.26. The molecule has 0 radical (unpaired) electrons. The van der Waals surface area contributed by atoms with Crippen LogP contribution in [-0.4, -0.2) is 19.9 Å². The molecule has 216 valence electrons. The van der Waals surface area contributed by atoms with E-state index in [1.165, 1.54) is 5.56 Å². The summed E-state index contributed by atoms with van der Waals surface area (Å²) < 4.78 is 0. The Bertz CT molecular complexity index is 2220. The van der Waals surface area contributed by atoms with Crippen molar-refractivity contribution in [3.63, 3.8) is 0 Å². The second-order valence-electron chi connectivity index (χ2n) is 11.1. The SMILES string of the molecule is c1ccc(-c2cccc(-c3nc(-c4ccc(-c5cc(-c6ccccc6)nc(-c6ccccc6)n5)cc4)nc4ccccc34)c2)cc1. The van der Waals surface area contributed by atoms with Crippen LogP contribution in [0.1, 0.15) is 0 Å². The van der Waals surface area contributed by atoms with Gasteiger partial charge in [0, 0.05) is 33.2 Å². The van der Waals surface area contributed by atoms with Gasteiger partial charge in [0.05, 0.1) is 22.6 Å². The molecule has 6 aromatic carbocycles. The van der Waals surface area contributed by atoms with E-state index in [-0.39, 0.29) is 0 Å². The highest BCUT2D eigenvalue weighted by Gasteiger charge is 2.14. The largest absolute Gasteiger partial charge is 0.228 e. The molecule has 0 amide bonds. The summed E-state index contributed by atoms with van der Waals surface area (Å²) in [6.45, 7) is 0. The van der Waals surface area contributed by atoms with Crippen molar-refractivity contribution in [2.75, 3.05) is 0 Å². The molecule has 0 aliphatic carbocycles. The van der Waals surface area contributed by atoms with Crippen molar-refractivity contribution in [2.24, 2.45) is 0 Å². The van der Waals surface area contributed by atoms with Crippen molar-refractivity contribution < 1.29 is 0 Å². The van der Waals surface area contributed by atoms with Crippen LogP contribution in [0.2, 0.25) is 0 Å². The highest BCUT2D eigenvalue weighted by atomic mass is 14.9. The van der Waals surface area contributed by atoms with E-state index < -0.39 is 0 Å². The smallest absolute Gasteiger partial charge is 0.160 e. The zero-order valence-electron chi connectivity index (χ0n) is 25.0. The van der Waals surface area contributed by atoms with Crippen LogP contribution in [0.4, 0.5) is 0 Å². The number of para-hydroxylation sites is 1. The molecular weight excluding hydrogens is 560 g/mol. The number of aromatic nitrogens is 4. The van der Waals surface area contributed by atoms with E-state index in [0.717, 1.165) is 61.4 Å². The van der Waals surface area contributed by atoms with Gasteiger partial charge in [-0.1, -0.05) is 152 Å². The van der Waals surface area contributed by atoms with Crippen LogP contribution in [0, 0.1) is 0 Å². The molecule has 0 bridgehead atoms. The Morgan fingerprint density at radius 1 is 0.283 bits per heavy atom. The van der Waals surface area contributed by atoms with E-state index in [0.29, 0.717) is 11.6 Å². The molecule has 4 nitrogen and oxygen atoms in total. The van der Waals surface area contributed by atoms with E-state index in [1.54, 1.807) is 0 Å². The third-order valence-electron chi connectivity index (χ3n) is 8.11. The van der Waals surface area contributed by atoms with Gasteiger partial charge in [-0.05, 0) is 29.3 Å². The highest BCUT2D eigenvalue weighted by molar-refractivity contribution is 5.94. The van der Waals surface area contributed by atoms with Gasteiger partial charge >= 0.3 is 0 Å². The average Bonchev–Trinajstić information content (AvgIpc) is 3.15. The lowest BCUT2D eigenvalue weighted by atomic mass is 9.99. The fourth-order valence-corrected chi connectivity index (χ4v) is 5.76. The zero-order chi connectivity index (χ0) is 30.7. The fourth-order valence-electron chi connectivity index (χ4n) is 5.76. The van der Waals surface area contributed by atoms with Crippen molar-refractivity contribution >= 4 is 10.9 Å². The minimum atomic E-state index is 0.683. The van der Waals surface area contributed by atoms with Gasteiger partial charge in [0.25, 0.3) is 0 Å². The summed E-state index contributed by atoms with van der Waals surface area (Å²) in [6.07, 6.45) is 0. The standard InChI is InChI=1S/C42H28N4/c1-4-13-29(14-5-1)34-19-12-20-35(27-34)40-36-21-10-11-22-37(36)43-42(46-40)33-25-23-31(24-26-33)39-28-38(30-15-6-2-7-16-30)44-41(45-39)32-17-8-3-9-18-32/h1-28H. The lowest BCUT2D eigenvalue weighted by Crippen LogP contribution is -1.97. The van der Waals surface area contributed by atoms with Crippen molar-refractivity contribution in [1.82, 2.24) is 19.9 Å². The molecular formula is C42H28N4. The quantitative estimate of drug-likeness (QED) is 0.194. The summed E-state index contributed by atoms with van der Waals surface area (Å²) >= 11 is 0. The molecule has 8 aromatic rings. The average molecular weight is 589 g/mol. The van der Waals surface area contributed by atoms with Crippen molar-refractivity contribution in [2.45, 2.75) is 0 Å². The Morgan fingerprint density at radius 2 is 0.761 bits per heavy atom. The van der Waals surface area contributed by atoms with Crippen molar-refractivity contribution in [1.29, 1.82) is 0 Å². The molecule has 0 N–H and O–H groups in total. The van der Waals surface area contributed by atoms with E-state index in [4.69, 9.17) is 19.9 Å². The van der Waals surface area contributed by atoms with Gasteiger partial charge in [-0.15, -0.1) is 0 Å². The first-order chi connectivity index (χ1) is 22.8. The molecule has 46 heavy (non-hydrogen) atoms. The van der Waals surface area contributed by atoms with Crippen LogP contribution in [0.5, 0.6) is 0 Å². The summed E-state index contributed by atoms with van der Waals surface area (Å²) in [5, 5.41) is 1.02. The van der Waals surface area contributed by atoms with E-state index in [1.807, 2.05) is 66.7 Å². The molecule has 0 saturated heterocycles.